The van der Waals surface area contributed by atoms with Crippen LogP contribution in [0.15, 0.2) is 24.3 Å². The van der Waals surface area contributed by atoms with Crippen LogP contribution in [0.2, 0.25) is 0 Å². The molecule has 0 bridgehead atoms. The number of hydrogen-bond acceptors (Lipinski definition) is 3. The minimum Gasteiger partial charge on any atom is -0.468 e. The summed E-state index contributed by atoms with van der Waals surface area (Å²) < 4.78 is 18.6. The van der Waals surface area contributed by atoms with E-state index in [1.807, 2.05) is 0 Å². The van der Waals surface area contributed by atoms with Gasteiger partial charge < -0.3 is 10.5 Å². The Balaban J connectivity index is 2.34. The molecule has 0 spiro atoms. The van der Waals surface area contributed by atoms with Crippen LogP contribution in [0.4, 0.5) is 4.39 Å². The lowest BCUT2D eigenvalue weighted by Gasteiger charge is -2.35. The third-order valence-corrected chi connectivity index (χ3v) is 4.66. The van der Waals surface area contributed by atoms with Crippen molar-refractivity contribution in [3.63, 3.8) is 0 Å². The van der Waals surface area contributed by atoms with E-state index in [1.165, 1.54) is 38.5 Å². The molecule has 0 amide bonds. The molecule has 4 heteroatoms. The van der Waals surface area contributed by atoms with Crippen LogP contribution in [0, 0.1) is 11.7 Å². The van der Waals surface area contributed by atoms with Crippen molar-refractivity contribution < 1.29 is 13.9 Å². The van der Waals surface area contributed by atoms with Crippen molar-refractivity contribution in [2.45, 2.75) is 43.9 Å². The van der Waals surface area contributed by atoms with Crippen molar-refractivity contribution in [1.82, 2.24) is 0 Å². The van der Waals surface area contributed by atoms with Gasteiger partial charge in [0.25, 0.3) is 0 Å². The van der Waals surface area contributed by atoms with Crippen LogP contribution in [0.1, 0.15) is 44.1 Å². The van der Waals surface area contributed by atoms with Gasteiger partial charge in [-0.1, -0.05) is 44.2 Å². The molecule has 1 aliphatic carbocycles. The van der Waals surface area contributed by atoms with Crippen LogP contribution >= 0.6 is 0 Å². The molecule has 0 heterocycles. The second-order valence-corrected chi connectivity index (χ2v) is 6.00. The van der Waals surface area contributed by atoms with Gasteiger partial charge >= 0.3 is 5.97 Å². The molecule has 0 saturated heterocycles. The molecular formula is C17H24FNO2. The van der Waals surface area contributed by atoms with Gasteiger partial charge in [0.2, 0.25) is 0 Å². The molecule has 1 saturated carbocycles. The monoisotopic (exact) mass is 293 g/mol. The van der Waals surface area contributed by atoms with Gasteiger partial charge in [0, 0.05) is 6.54 Å². The molecule has 21 heavy (non-hydrogen) atoms. The number of benzene rings is 1. The van der Waals surface area contributed by atoms with E-state index in [4.69, 9.17) is 10.5 Å². The minimum atomic E-state index is -0.932. The molecule has 2 rings (SSSR count). The average molecular weight is 293 g/mol. The van der Waals surface area contributed by atoms with Crippen molar-refractivity contribution >= 4 is 5.97 Å². The summed E-state index contributed by atoms with van der Waals surface area (Å²) in [5, 5.41) is 0. The predicted octanol–water partition coefficient (Wildman–Crippen LogP) is 3.17. The fraction of sp³-hybridized carbons (Fsp3) is 0.588. The Morgan fingerprint density at radius 3 is 2.67 bits per heavy atom. The van der Waals surface area contributed by atoms with Gasteiger partial charge in [-0.05, 0) is 30.0 Å². The van der Waals surface area contributed by atoms with Crippen LogP contribution in [0.25, 0.3) is 0 Å². The van der Waals surface area contributed by atoms with Gasteiger partial charge in [0.1, 0.15) is 11.2 Å². The van der Waals surface area contributed by atoms with Gasteiger partial charge in [-0.15, -0.1) is 0 Å². The Bertz CT molecular complexity index is 485. The van der Waals surface area contributed by atoms with Crippen molar-refractivity contribution in [1.29, 1.82) is 0 Å². The van der Waals surface area contributed by atoms with E-state index in [-0.39, 0.29) is 18.3 Å². The number of methoxy groups -OCH3 is 1. The maximum atomic E-state index is 13.6. The maximum absolute atomic E-state index is 13.6. The maximum Gasteiger partial charge on any atom is 0.317 e. The predicted molar refractivity (Wildman–Crippen MR) is 80.3 cm³/mol. The number of carbonyl (C=O) groups excluding carboxylic acids is 1. The van der Waals surface area contributed by atoms with E-state index in [0.29, 0.717) is 17.9 Å². The highest BCUT2D eigenvalue weighted by Gasteiger charge is 2.42. The third kappa shape index (κ3) is 3.43. The lowest BCUT2D eigenvalue weighted by Crippen LogP contribution is -2.45. The minimum absolute atomic E-state index is 0.139. The van der Waals surface area contributed by atoms with Crippen LogP contribution in [0.3, 0.4) is 0 Å². The summed E-state index contributed by atoms with van der Waals surface area (Å²) in [7, 11) is 1.37. The Labute approximate surface area is 125 Å². The zero-order valence-corrected chi connectivity index (χ0v) is 12.6. The SMILES string of the molecule is COC(=O)C(CN)(CC1CCCCC1)c1cccc(F)c1. The summed E-state index contributed by atoms with van der Waals surface area (Å²) in [5.41, 5.74) is 5.66. The largest absolute Gasteiger partial charge is 0.468 e. The molecule has 0 aliphatic heterocycles. The molecule has 1 aromatic carbocycles. The lowest BCUT2D eigenvalue weighted by molar-refractivity contribution is -0.148. The molecule has 1 atom stereocenters. The van der Waals surface area contributed by atoms with E-state index in [9.17, 15) is 9.18 Å². The van der Waals surface area contributed by atoms with Crippen LogP contribution in [-0.2, 0) is 14.9 Å². The molecule has 116 valence electrons. The highest BCUT2D eigenvalue weighted by atomic mass is 19.1. The van der Waals surface area contributed by atoms with Gasteiger partial charge in [-0.25, -0.2) is 4.39 Å². The first-order valence-corrected chi connectivity index (χ1v) is 7.67. The summed E-state index contributed by atoms with van der Waals surface area (Å²) in [4.78, 5) is 12.4. The standard InChI is InChI=1S/C17H24FNO2/c1-21-16(20)17(12-19,11-13-6-3-2-4-7-13)14-8-5-9-15(18)10-14/h5,8-10,13H,2-4,6-7,11-12,19H2,1H3. The number of ether oxygens (including phenoxy) is 1. The first-order valence-electron chi connectivity index (χ1n) is 7.67. The highest BCUT2D eigenvalue weighted by Crippen LogP contribution is 2.38. The summed E-state index contributed by atoms with van der Waals surface area (Å²) in [5.74, 6) is -0.260. The molecule has 1 aromatic rings. The van der Waals surface area contributed by atoms with Crippen molar-refractivity contribution in [2.24, 2.45) is 11.7 Å². The number of rotatable bonds is 5. The van der Waals surface area contributed by atoms with Gasteiger partial charge in [0.15, 0.2) is 0 Å². The normalized spacial score (nSPS) is 19.0. The van der Waals surface area contributed by atoms with Gasteiger partial charge in [0.05, 0.1) is 7.11 Å². The quantitative estimate of drug-likeness (QED) is 0.848. The zero-order chi connectivity index (χ0) is 15.3. The van der Waals surface area contributed by atoms with Gasteiger partial charge in [-0.3, -0.25) is 4.79 Å². The van der Waals surface area contributed by atoms with Crippen molar-refractivity contribution in [2.75, 3.05) is 13.7 Å². The molecule has 0 radical (unpaired) electrons. The Morgan fingerprint density at radius 1 is 1.38 bits per heavy atom. The first kappa shape index (κ1) is 16.0. The summed E-state index contributed by atoms with van der Waals surface area (Å²) in [6, 6.07) is 6.18. The van der Waals surface area contributed by atoms with E-state index < -0.39 is 5.41 Å². The molecule has 3 nitrogen and oxygen atoms in total. The highest BCUT2D eigenvalue weighted by molar-refractivity contribution is 5.83. The smallest absolute Gasteiger partial charge is 0.317 e. The first-order chi connectivity index (χ1) is 10.1. The summed E-state index contributed by atoms with van der Waals surface area (Å²) >= 11 is 0. The molecular weight excluding hydrogens is 269 g/mol. The van der Waals surface area contributed by atoms with Crippen LogP contribution in [0.5, 0.6) is 0 Å². The van der Waals surface area contributed by atoms with E-state index in [1.54, 1.807) is 12.1 Å². The van der Waals surface area contributed by atoms with Crippen molar-refractivity contribution in [3.05, 3.63) is 35.6 Å². The topological polar surface area (TPSA) is 52.3 Å². The summed E-state index contributed by atoms with van der Waals surface area (Å²) in [6.45, 7) is 0.139. The molecule has 1 aliphatic rings. The summed E-state index contributed by atoms with van der Waals surface area (Å²) in [6.07, 6.45) is 6.48. The molecule has 0 aromatic heterocycles. The Morgan fingerprint density at radius 2 is 2.10 bits per heavy atom. The third-order valence-electron chi connectivity index (χ3n) is 4.66. The van der Waals surface area contributed by atoms with E-state index in [0.717, 1.165) is 12.8 Å². The average Bonchev–Trinajstić information content (AvgIpc) is 2.53. The second kappa shape index (κ2) is 7.03. The van der Waals surface area contributed by atoms with E-state index in [2.05, 4.69) is 0 Å². The van der Waals surface area contributed by atoms with Gasteiger partial charge in [-0.2, -0.15) is 0 Å². The number of nitrogens with two attached hydrogens (primary N) is 1. The second-order valence-electron chi connectivity index (χ2n) is 6.00. The number of halogens is 1. The molecule has 2 N–H and O–H groups in total. The Kier molecular flexibility index (Phi) is 5.34. The number of carbonyl (C=O) groups is 1. The molecule has 1 unspecified atom stereocenters. The van der Waals surface area contributed by atoms with Crippen molar-refractivity contribution in [3.8, 4) is 0 Å². The Hall–Kier alpha value is -1.42. The fourth-order valence-corrected chi connectivity index (χ4v) is 3.47. The fourth-order valence-electron chi connectivity index (χ4n) is 3.47. The van der Waals surface area contributed by atoms with E-state index >= 15 is 0 Å². The molecule has 1 fully saturated rings. The number of esters is 1. The number of hydrogen-bond donors (Lipinski definition) is 1. The van der Waals surface area contributed by atoms with Crippen LogP contribution in [-0.4, -0.2) is 19.6 Å². The lowest BCUT2D eigenvalue weighted by atomic mass is 9.70. The van der Waals surface area contributed by atoms with Crippen LogP contribution < -0.4 is 5.73 Å². The zero-order valence-electron chi connectivity index (χ0n) is 12.6.